The Morgan fingerprint density at radius 2 is 1.94 bits per heavy atom. The third-order valence-electron chi connectivity index (χ3n) is 2.45. The van der Waals surface area contributed by atoms with Crippen molar-refractivity contribution < 1.29 is 14.7 Å². The molecule has 1 atom stereocenters. The van der Waals surface area contributed by atoms with Gasteiger partial charge in [0.15, 0.2) is 0 Å². The van der Waals surface area contributed by atoms with E-state index in [2.05, 4.69) is 10.6 Å². The fourth-order valence-electron chi connectivity index (χ4n) is 1.53. The summed E-state index contributed by atoms with van der Waals surface area (Å²) in [6.07, 6.45) is 0.286. The zero-order valence-electron chi connectivity index (χ0n) is 10.3. The second-order valence-electron chi connectivity index (χ2n) is 3.93. The van der Waals surface area contributed by atoms with Crippen LogP contribution in [0.2, 0.25) is 0 Å². The Bertz CT molecular complexity index is 392. The summed E-state index contributed by atoms with van der Waals surface area (Å²) in [7, 11) is 0. The molecular weight excluding hydrogens is 232 g/mol. The molecule has 0 aromatic heterocycles. The molecule has 1 rings (SSSR count). The molecule has 0 saturated heterocycles. The number of aliphatic carboxylic acids is 1. The van der Waals surface area contributed by atoms with E-state index >= 15 is 0 Å². The van der Waals surface area contributed by atoms with E-state index in [4.69, 9.17) is 5.11 Å². The Morgan fingerprint density at radius 1 is 1.28 bits per heavy atom. The SMILES string of the molecule is CCNCC(=O)N[C@@H](Cc1ccccc1)C(=O)O. The minimum atomic E-state index is -1.02. The molecule has 5 nitrogen and oxygen atoms in total. The van der Waals surface area contributed by atoms with Gasteiger partial charge in [-0.2, -0.15) is 0 Å². The van der Waals surface area contributed by atoms with Crippen molar-refractivity contribution in [2.45, 2.75) is 19.4 Å². The molecule has 0 radical (unpaired) electrons. The monoisotopic (exact) mass is 250 g/mol. The standard InChI is InChI=1S/C13H18N2O3/c1-2-14-9-12(16)15-11(13(17)18)8-10-6-4-3-5-7-10/h3-7,11,14H,2,8-9H2,1H3,(H,15,16)(H,17,18)/t11-/m0/s1. The van der Waals surface area contributed by atoms with Crippen molar-refractivity contribution in [3.05, 3.63) is 35.9 Å². The Balaban J connectivity index is 2.55. The number of carboxylic acids is 1. The lowest BCUT2D eigenvalue weighted by Crippen LogP contribution is -2.45. The number of carbonyl (C=O) groups excluding carboxylic acids is 1. The van der Waals surface area contributed by atoms with Gasteiger partial charge in [0.25, 0.3) is 0 Å². The first kappa shape index (κ1) is 14.2. The molecule has 1 aromatic rings. The third kappa shape index (κ3) is 4.97. The van der Waals surface area contributed by atoms with E-state index in [1.807, 2.05) is 37.3 Å². The first-order valence-corrected chi connectivity index (χ1v) is 5.90. The van der Waals surface area contributed by atoms with Gasteiger partial charge in [0.05, 0.1) is 6.54 Å². The van der Waals surface area contributed by atoms with Crippen LogP contribution in [0, 0.1) is 0 Å². The summed E-state index contributed by atoms with van der Waals surface area (Å²) in [5.74, 6) is -1.33. The second kappa shape index (κ2) is 7.45. The average molecular weight is 250 g/mol. The van der Waals surface area contributed by atoms with Crippen LogP contribution in [-0.2, 0) is 16.0 Å². The quantitative estimate of drug-likeness (QED) is 0.655. The highest BCUT2D eigenvalue weighted by atomic mass is 16.4. The summed E-state index contributed by atoms with van der Waals surface area (Å²) in [6, 6.07) is 8.34. The van der Waals surface area contributed by atoms with Crippen LogP contribution in [0.25, 0.3) is 0 Å². The molecule has 1 amide bonds. The lowest BCUT2D eigenvalue weighted by molar-refractivity contribution is -0.141. The average Bonchev–Trinajstić information content (AvgIpc) is 2.36. The van der Waals surface area contributed by atoms with Crippen LogP contribution in [0.1, 0.15) is 12.5 Å². The molecule has 0 saturated carbocycles. The van der Waals surface area contributed by atoms with Gasteiger partial charge in [0, 0.05) is 6.42 Å². The molecule has 0 aliphatic carbocycles. The van der Waals surface area contributed by atoms with Crippen LogP contribution in [-0.4, -0.2) is 36.1 Å². The zero-order valence-corrected chi connectivity index (χ0v) is 10.3. The van der Waals surface area contributed by atoms with Crippen LogP contribution in [0.3, 0.4) is 0 Å². The molecule has 0 aliphatic heterocycles. The summed E-state index contributed by atoms with van der Waals surface area (Å²) in [5, 5.41) is 14.4. The number of hydrogen-bond donors (Lipinski definition) is 3. The molecule has 0 aliphatic rings. The van der Waals surface area contributed by atoms with Crippen molar-refractivity contribution >= 4 is 11.9 Å². The van der Waals surface area contributed by atoms with Gasteiger partial charge >= 0.3 is 5.97 Å². The van der Waals surface area contributed by atoms with E-state index in [0.29, 0.717) is 6.54 Å². The number of carboxylic acid groups (broad SMARTS) is 1. The lowest BCUT2D eigenvalue weighted by Gasteiger charge is -2.14. The molecular formula is C13H18N2O3. The van der Waals surface area contributed by atoms with Gasteiger partial charge < -0.3 is 15.7 Å². The highest BCUT2D eigenvalue weighted by Gasteiger charge is 2.19. The first-order valence-electron chi connectivity index (χ1n) is 5.90. The topological polar surface area (TPSA) is 78.4 Å². The van der Waals surface area contributed by atoms with E-state index in [1.165, 1.54) is 0 Å². The molecule has 5 heteroatoms. The summed E-state index contributed by atoms with van der Waals surface area (Å²) in [5.41, 5.74) is 0.883. The minimum Gasteiger partial charge on any atom is -0.480 e. The summed E-state index contributed by atoms with van der Waals surface area (Å²) < 4.78 is 0. The smallest absolute Gasteiger partial charge is 0.326 e. The van der Waals surface area contributed by atoms with Crippen molar-refractivity contribution in [2.24, 2.45) is 0 Å². The number of nitrogens with one attached hydrogen (secondary N) is 2. The Kier molecular flexibility index (Phi) is 5.87. The molecule has 98 valence electrons. The van der Waals surface area contributed by atoms with Gasteiger partial charge in [-0.1, -0.05) is 37.3 Å². The highest BCUT2D eigenvalue weighted by molar-refractivity contribution is 5.84. The molecule has 0 spiro atoms. The number of benzene rings is 1. The van der Waals surface area contributed by atoms with Crippen LogP contribution in [0.5, 0.6) is 0 Å². The molecule has 0 unspecified atom stereocenters. The van der Waals surface area contributed by atoms with Gasteiger partial charge in [0.2, 0.25) is 5.91 Å². The number of hydrogen-bond acceptors (Lipinski definition) is 3. The normalized spacial score (nSPS) is 11.8. The minimum absolute atomic E-state index is 0.134. The van der Waals surface area contributed by atoms with Crippen LogP contribution < -0.4 is 10.6 Å². The maximum absolute atomic E-state index is 11.5. The van der Waals surface area contributed by atoms with Gasteiger partial charge in [0.1, 0.15) is 6.04 Å². The maximum Gasteiger partial charge on any atom is 0.326 e. The summed E-state index contributed by atoms with van der Waals surface area (Å²) >= 11 is 0. The van der Waals surface area contributed by atoms with Crippen molar-refractivity contribution in [3.63, 3.8) is 0 Å². The highest BCUT2D eigenvalue weighted by Crippen LogP contribution is 2.03. The van der Waals surface area contributed by atoms with E-state index in [1.54, 1.807) is 0 Å². The Morgan fingerprint density at radius 3 is 2.50 bits per heavy atom. The molecule has 3 N–H and O–H groups in total. The van der Waals surface area contributed by atoms with Gasteiger partial charge in [-0.3, -0.25) is 4.79 Å². The van der Waals surface area contributed by atoms with Crippen LogP contribution in [0.4, 0.5) is 0 Å². The van der Waals surface area contributed by atoms with E-state index in [0.717, 1.165) is 5.56 Å². The summed E-state index contributed by atoms with van der Waals surface area (Å²) in [6.45, 7) is 2.69. The van der Waals surface area contributed by atoms with E-state index in [-0.39, 0.29) is 18.9 Å². The van der Waals surface area contributed by atoms with Crippen molar-refractivity contribution in [2.75, 3.05) is 13.1 Å². The predicted octanol–water partition coefficient (Wildman–Crippen LogP) is 0.408. The van der Waals surface area contributed by atoms with Crippen molar-refractivity contribution in [1.29, 1.82) is 0 Å². The number of likely N-dealkylation sites (N-methyl/N-ethyl adjacent to an activating group) is 1. The number of carbonyl (C=O) groups is 2. The molecule has 18 heavy (non-hydrogen) atoms. The molecule has 0 bridgehead atoms. The second-order valence-corrected chi connectivity index (χ2v) is 3.93. The van der Waals surface area contributed by atoms with E-state index < -0.39 is 12.0 Å². The Labute approximate surface area is 106 Å². The zero-order chi connectivity index (χ0) is 13.4. The molecule has 0 fully saturated rings. The van der Waals surface area contributed by atoms with Gasteiger partial charge in [-0.15, -0.1) is 0 Å². The lowest BCUT2D eigenvalue weighted by atomic mass is 10.1. The first-order chi connectivity index (χ1) is 8.63. The maximum atomic E-state index is 11.5. The Hall–Kier alpha value is -1.88. The number of amides is 1. The fourth-order valence-corrected chi connectivity index (χ4v) is 1.53. The van der Waals surface area contributed by atoms with Crippen molar-refractivity contribution in [3.8, 4) is 0 Å². The summed E-state index contributed by atoms with van der Waals surface area (Å²) in [4.78, 5) is 22.5. The third-order valence-corrected chi connectivity index (χ3v) is 2.45. The van der Waals surface area contributed by atoms with Crippen molar-refractivity contribution in [1.82, 2.24) is 10.6 Å². The predicted molar refractivity (Wildman–Crippen MR) is 68.3 cm³/mol. The van der Waals surface area contributed by atoms with Gasteiger partial charge in [-0.05, 0) is 12.1 Å². The van der Waals surface area contributed by atoms with Crippen LogP contribution >= 0.6 is 0 Å². The van der Waals surface area contributed by atoms with Crippen LogP contribution in [0.15, 0.2) is 30.3 Å². The fraction of sp³-hybridized carbons (Fsp3) is 0.385. The number of rotatable bonds is 7. The van der Waals surface area contributed by atoms with E-state index in [9.17, 15) is 9.59 Å². The largest absolute Gasteiger partial charge is 0.480 e. The molecule has 0 heterocycles. The van der Waals surface area contributed by atoms with Gasteiger partial charge in [-0.25, -0.2) is 4.79 Å². The molecule has 1 aromatic carbocycles.